The summed E-state index contributed by atoms with van der Waals surface area (Å²) in [6.07, 6.45) is 4.21. The number of fused-ring (bicyclic) bond motifs is 1. The normalized spacial score (nSPS) is 20.5. The van der Waals surface area contributed by atoms with Crippen LogP contribution in [0.15, 0.2) is 36.8 Å². The number of benzene rings is 1. The summed E-state index contributed by atoms with van der Waals surface area (Å²) in [5.74, 6) is 0.214. The molecule has 1 aliphatic rings. The molecule has 1 aromatic carbocycles. The number of hydrogen-bond donors (Lipinski definition) is 2. The summed E-state index contributed by atoms with van der Waals surface area (Å²) in [4.78, 5) is 20.3. The molecule has 0 unspecified atom stereocenters. The summed E-state index contributed by atoms with van der Waals surface area (Å²) in [6.45, 7) is 0. The van der Waals surface area contributed by atoms with E-state index >= 15 is 0 Å². The highest BCUT2D eigenvalue weighted by Crippen LogP contribution is 2.28. The molecule has 3 aromatic rings. The Hall–Kier alpha value is -3.03. The van der Waals surface area contributed by atoms with Crippen LogP contribution in [0.5, 0.6) is 0 Å². The Kier molecular flexibility index (Phi) is 3.79. The molecule has 1 amide bonds. The molecule has 25 heavy (non-hydrogen) atoms. The Morgan fingerprint density at radius 3 is 3.00 bits per heavy atom. The van der Waals surface area contributed by atoms with Crippen molar-refractivity contribution in [1.82, 2.24) is 25.1 Å². The summed E-state index contributed by atoms with van der Waals surface area (Å²) >= 11 is 0. The number of carbonyl (C=O) groups excluding carboxylic acids is 1. The smallest absolute Gasteiger partial charge is 0.220 e. The van der Waals surface area contributed by atoms with E-state index in [0.29, 0.717) is 29.6 Å². The molecule has 1 saturated heterocycles. The number of nitrogens with one attached hydrogen (secondary N) is 2. The Morgan fingerprint density at radius 1 is 1.32 bits per heavy atom. The molecule has 0 radical (unpaired) electrons. The van der Waals surface area contributed by atoms with E-state index in [1.54, 1.807) is 16.9 Å². The summed E-state index contributed by atoms with van der Waals surface area (Å²) in [5.41, 5.74) is 1.56. The third-order valence-electron chi connectivity index (χ3n) is 4.50. The third kappa shape index (κ3) is 2.90. The molecule has 2 N–H and O–H groups in total. The van der Waals surface area contributed by atoms with Gasteiger partial charge in [0.15, 0.2) is 0 Å². The van der Waals surface area contributed by atoms with Crippen LogP contribution in [0.25, 0.3) is 10.9 Å². The van der Waals surface area contributed by atoms with E-state index in [1.807, 2.05) is 13.1 Å². The van der Waals surface area contributed by atoms with E-state index in [2.05, 4.69) is 25.7 Å². The monoisotopic (exact) mass is 340 g/mol. The van der Waals surface area contributed by atoms with Gasteiger partial charge < -0.3 is 10.6 Å². The van der Waals surface area contributed by atoms with Crippen LogP contribution in [-0.4, -0.2) is 31.7 Å². The zero-order valence-corrected chi connectivity index (χ0v) is 13.6. The van der Waals surface area contributed by atoms with Gasteiger partial charge in [-0.2, -0.15) is 5.10 Å². The second-order valence-corrected chi connectivity index (χ2v) is 6.10. The molecular weight excluding hydrogens is 323 g/mol. The van der Waals surface area contributed by atoms with Gasteiger partial charge in [-0.1, -0.05) is 0 Å². The van der Waals surface area contributed by atoms with Crippen molar-refractivity contribution in [3.05, 3.63) is 48.3 Å². The van der Waals surface area contributed by atoms with Crippen molar-refractivity contribution in [3.8, 4) is 0 Å². The molecule has 2 atom stereocenters. The molecule has 3 heterocycles. The van der Waals surface area contributed by atoms with E-state index in [0.717, 1.165) is 5.69 Å². The van der Waals surface area contributed by atoms with Crippen LogP contribution < -0.4 is 10.6 Å². The fraction of sp³-hybridized carbons (Fsp3) is 0.294. The van der Waals surface area contributed by atoms with Crippen molar-refractivity contribution in [2.45, 2.75) is 24.9 Å². The van der Waals surface area contributed by atoms with E-state index in [-0.39, 0.29) is 23.8 Å². The van der Waals surface area contributed by atoms with Gasteiger partial charge in [0.1, 0.15) is 18.0 Å². The van der Waals surface area contributed by atoms with E-state index in [4.69, 9.17) is 0 Å². The second-order valence-electron chi connectivity index (χ2n) is 6.10. The molecule has 0 spiro atoms. The molecule has 7 nitrogen and oxygen atoms in total. The maximum Gasteiger partial charge on any atom is 0.220 e. The SMILES string of the molecule is Cn1nccc1[C@@H]1NC(=O)CC[C@H]1Nc1ncnc2ccc(F)cc12. The number of anilines is 1. The minimum atomic E-state index is -0.342. The molecule has 0 bridgehead atoms. The summed E-state index contributed by atoms with van der Waals surface area (Å²) in [5, 5.41) is 11.2. The highest BCUT2D eigenvalue weighted by Gasteiger charge is 2.32. The first-order chi connectivity index (χ1) is 12.1. The standard InChI is InChI=1S/C17H17FN6O/c1-24-14(6-7-21-24)16-13(4-5-15(25)23-16)22-17-11-8-10(18)2-3-12(11)19-9-20-17/h2-3,6-9,13,16H,4-5H2,1H3,(H,23,25)(H,19,20,22)/t13-,16-/m1/s1. The zero-order chi connectivity index (χ0) is 17.4. The van der Waals surface area contributed by atoms with Crippen LogP contribution in [0.2, 0.25) is 0 Å². The quantitative estimate of drug-likeness (QED) is 0.761. The lowest BCUT2D eigenvalue weighted by Crippen LogP contribution is -2.46. The first-order valence-electron chi connectivity index (χ1n) is 8.06. The van der Waals surface area contributed by atoms with Gasteiger partial charge in [0.05, 0.1) is 23.3 Å². The molecule has 2 aromatic heterocycles. The van der Waals surface area contributed by atoms with Gasteiger partial charge in [0, 0.05) is 25.1 Å². The minimum absolute atomic E-state index is 0.00263. The van der Waals surface area contributed by atoms with Gasteiger partial charge in [-0.15, -0.1) is 0 Å². The number of aromatic nitrogens is 4. The highest BCUT2D eigenvalue weighted by molar-refractivity contribution is 5.89. The molecule has 0 aliphatic carbocycles. The van der Waals surface area contributed by atoms with Crippen LogP contribution in [-0.2, 0) is 11.8 Å². The predicted octanol–water partition coefficient (Wildman–Crippen LogP) is 1.93. The molecular formula is C17H17FN6O. The number of amides is 1. The van der Waals surface area contributed by atoms with E-state index in [1.165, 1.54) is 18.5 Å². The van der Waals surface area contributed by atoms with Gasteiger partial charge in [-0.3, -0.25) is 9.48 Å². The molecule has 1 fully saturated rings. The molecule has 8 heteroatoms. The maximum atomic E-state index is 13.6. The molecule has 4 rings (SSSR count). The lowest BCUT2D eigenvalue weighted by Gasteiger charge is -2.33. The first-order valence-corrected chi connectivity index (χ1v) is 8.06. The average Bonchev–Trinajstić information content (AvgIpc) is 3.03. The predicted molar refractivity (Wildman–Crippen MR) is 90.2 cm³/mol. The van der Waals surface area contributed by atoms with Gasteiger partial charge in [0.25, 0.3) is 0 Å². The lowest BCUT2D eigenvalue weighted by molar-refractivity contribution is -0.123. The van der Waals surface area contributed by atoms with Crippen molar-refractivity contribution in [2.75, 3.05) is 5.32 Å². The number of carbonyl (C=O) groups is 1. The van der Waals surface area contributed by atoms with Crippen molar-refractivity contribution in [3.63, 3.8) is 0 Å². The van der Waals surface area contributed by atoms with Crippen molar-refractivity contribution in [1.29, 1.82) is 0 Å². The van der Waals surface area contributed by atoms with Crippen LogP contribution in [0, 0.1) is 5.82 Å². The average molecular weight is 340 g/mol. The van der Waals surface area contributed by atoms with Gasteiger partial charge in [-0.25, -0.2) is 14.4 Å². The van der Waals surface area contributed by atoms with E-state index in [9.17, 15) is 9.18 Å². The number of aryl methyl sites for hydroxylation is 1. The zero-order valence-electron chi connectivity index (χ0n) is 13.6. The molecule has 0 saturated carbocycles. The topological polar surface area (TPSA) is 84.7 Å². The summed E-state index contributed by atoms with van der Waals surface area (Å²) in [7, 11) is 1.84. The van der Waals surface area contributed by atoms with Crippen molar-refractivity contribution < 1.29 is 9.18 Å². The summed E-state index contributed by atoms with van der Waals surface area (Å²) < 4.78 is 15.4. The Morgan fingerprint density at radius 2 is 2.20 bits per heavy atom. The van der Waals surface area contributed by atoms with Crippen LogP contribution in [0.4, 0.5) is 10.2 Å². The Bertz CT molecular complexity index is 940. The largest absolute Gasteiger partial charge is 0.364 e. The maximum absolute atomic E-state index is 13.6. The van der Waals surface area contributed by atoms with Gasteiger partial charge in [-0.05, 0) is 30.7 Å². The number of halogens is 1. The number of rotatable bonds is 3. The molecule has 128 valence electrons. The number of hydrogen-bond acceptors (Lipinski definition) is 5. The third-order valence-corrected chi connectivity index (χ3v) is 4.50. The minimum Gasteiger partial charge on any atom is -0.364 e. The lowest BCUT2D eigenvalue weighted by atomic mass is 9.95. The number of nitrogens with zero attached hydrogens (tertiary/aromatic N) is 4. The number of piperidine rings is 1. The van der Waals surface area contributed by atoms with Crippen molar-refractivity contribution >= 4 is 22.6 Å². The van der Waals surface area contributed by atoms with Gasteiger partial charge >= 0.3 is 0 Å². The van der Waals surface area contributed by atoms with Crippen LogP contribution in [0.1, 0.15) is 24.6 Å². The summed E-state index contributed by atoms with van der Waals surface area (Å²) in [6, 6.07) is 5.96. The Labute approximate surface area is 143 Å². The van der Waals surface area contributed by atoms with Gasteiger partial charge in [0.2, 0.25) is 5.91 Å². The van der Waals surface area contributed by atoms with Crippen molar-refractivity contribution in [2.24, 2.45) is 7.05 Å². The molecule has 1 aliphatic heterocycles. The fourth-order valence-electron chi connectivity index (χ4n) is 3.24. The fourth-order valence-corrected chi connectivity index (χ4v) is 3.24. The van der Waals surface area contributed by atoms with Crippen LogP contribution >= 0.6 is 0 Å². The highest BCUT2D eigenvalue weighted by atomic mass is 19.1. The second kappa shape index (κ2) is 6.12. The van der Waals surface area contributed by atoms with E-state index < -0.39 is 0 Å². The Balaban J connectivity index is 1.70. The van der Waals surface area contributed by atoms with Crippen LogP contribution in [0.3, 0.4) is 0 Å². The first kappa shape index (κ1) is 15.5.